The molecule has 61 heavy (non-hydrogen) atoms. The Morgan fingerprint density at radius 2 is 1.13 bits per heavy atom. The summed E-state index contributed by atoms with van der Waals surface area (Å²) in [4.78, 5) is 11.6. The van der Waals surface area contributed by atoms with Gasteiger partial charge < -0.3 is 0 Å². The molecule has 0 saturated heterocycles. The lowest BCUT2D eigenvalue weighted by molar-refractivity contribution is 0.350. The van der Waals surface area contributed by atoms with Gasteiger partial charge in [-0.15, -0.1) is 11.3 Å². The van der Waals surface area contributed by atoms with Gasteiger partial charge in [0.25, 0.3) is 0 Å². The van der Waals surface area contributed by atoms with E-state index in [-0.39, 0.29) is 10.8 Å². The van der Waals surface area contributed by atoms with Crippen molar-refractivity contribution >= 4 is 42.8 Å². The van der Waals surface area contributed by atoms with E-state index in [1.54, 1.807) is 33.6 Å². The van der Waals surface area contributed by atoms with Crippen LogP contribution in [0.25, 0.3) is 76.3 Å². The number of nitrogens with zero attached hydrogens (tertiary/aromatic N) is 2. The molecular weight excluding hydrogens is 757 g/mol. The number of benzene rings is 6. The van der Waals surface area contributed by atoms with Crippen molar-refractivity contribution in [3.8, 4) is 44.9 Å². The number of fused-ring (bicyclic) bond motifs is 13. The van der Waals surface area contributed by atoms with Crippen LogP contribution in [-0.4, -0.2) is 9.97 Å². The van der Waals surface area contributed by atoms with Crippen LogP contribution in [0, 0.1) is 0 Å². The van der Waals surface area contributed by atoms with Crippen LogP contribution in [0.2, 0.25) is 0 Å². The fourth-order valence-corrected chi connectivity index (χ4v) is 13.6. The molecule has 0 amide bonds. The maximum Gasteiger partial charge on any atom is 0.161 e. The average Bonchev–Trinajstić information content (AvgIpc) is 3.93. The van der Waals surface area contributed by atoms with Crippen LogP contribution in [0.3, 0.4) is 0 Å². The molecule has 8 aromatic rings. The van der Waals surface area contributed by atoms with Crippen LogP contribution < -0.4 is 0 Å². The molecule has 2 nitrogen and oxygen atoms in total. The van der Waals surface area contributed by atoms with E-state index < -0.39 is 0 Å². The van der Waals surface area contributed by atoms with E-state index in [0.29, 0.717) is 0 Å². The summed E-state index contributed by atoms with van der Waals surface area (Å²) >= 11 is 1.76. The Morgan fingerprint density at radius 3 is 1.93 bits per heavy atom. The van der Waals surface area contributed by atoms with Gasteiger partial charge in [-0.2, -0.15) is 0 Å². The molecule has 5 aliphatic rings. The summed E-state index contributed by atoms with van der Waals surface area (Å²) in [6.07, 6.45) is 20.0. The van der Waals surface area contributed by atoms with Gasteiger partial charge in [-0.3, -0.25) is 0 Å². The second-order valence-electron chi connectivity index (χ2n) is 18.5. The van der Waals surface area contributed by atoms with Crippen molar-refractivity contribution in [2.45, 2.75) is 87.9 Å². The molecule has 0 radical (unpaired) electrons. The van der Waals surface area contributed by atoms with Gasteiger partial charge in [0.2, 0.25) is 0 Å². The second-order valence-corrected chi connectivity index (χ2v) is 19.6. The predicted octanol–water partition coefficient (Wildman–Crippen LogP) is 15.9. The van der Waals surface area contributed by atoms with Gasteiger partial charge in [0.05, 0.1) is 5.69 Å². The van der Waals surface area contributed by atoms with Gasteiger partial charge in [-0.25, -0.2) is 9.97 Å². The lowest BCUT2D eigenvalue weighted by Gasteiger charge is -2.37. The maximum atomic E-state index is 5.32. The largest absolute Gasteiger partial charge is 0.227 e. The first-order valence-electron chi connectivity index (χ1n) is 22.9. The van der Waals surface area contributed by atoms with Gasteiger partial charge >= 0.3 is 0 Å². The van der Waals surface area contributed by atoms with Crippen LogP contribution in [0.4, 0.5) is 0 Å². The van der Waals surface area contributed by atoms with E-state index in [0.717, 1.165) is 45.7 Å². The molecule has 0 N–H and O–H groups in total. The van der Waals surface area contributed by atoms with Crippen molar-refractivity contribution in [2.75, 3.05) is 0 Å². The predicted molar refractivity (Wildman–Crippen MR) is 256 cm³/mol. The molecule has 0 unspecified atom stereocenters. The molecule has 0 aliphatic heterocycles. The van der Waals surface area contributed by atoms with Gasteiger partial charge in [0.1, 0.15) is 4.83 Å². The van der Waals surface area contributed by atoms with E-state index in [9.17, 15) is 0 Å². The van der Waals surface area contributed by atoms with E-state index in [1.807, 2.05) is 0 Å². The normalized spacial score (nSPS) is 18.2. The Kier molecular flexibility index (Phi) is 8.11. The van der Waals surface area contributed by atoms with Crippen molar-refractivity contribution in [3.05, 3.63) is 179 Å². The molecular formula is C58H48N2S. The van der Waals surface area contributed by atoms with Gasteiger partial charge in [0, 0.05) is 37.4 Å². The van der Waals surface area contributed by atoms with Gasteiger partial charge in [-0.1, -0.05) is 154 Å². The average molecular weight is 805 g/mol. The number of hydrogen-bond acceptors (Lipinski definition) is 3. The standard InChI is InChI=1S/C58H48N2S/c1-4-16-37(17-5-1)54-53-44-23-7-9-25-52(44)61-56(53)60-55(59-54)42-21-15-20-40(33-42)38-18-14-19-39(32-38)41-26-27-49-45(34-41)47-36-50-46(35-51(47)58(49)30-12-3-13-31-58)43-22-6-8-24-48(43)57(50)28-10-2-11-29-57/h1,4-9,15-18,20-27,32-36H,2-3,10-14,19,28-31H2. The summed E-state index contributed by atoms with van der Waals surface area (Å²) in [6, 6.07) is 50.6. The smallest absolute Gasteiger partial charge is 0.161 e. The Balaban J connectivity index is 0.898. The third-order valence-corrected chi connectivity index (χ3v) is 16.4. The fraction of sp³-hybridized carbons (Fsp3) is 0.241. The van der Waals surface area contributed by atoms with Crippen LogP contribution >= 0.6 is 11.3 Å². The third-order valence-electron chi connectivity index (χ3n) is 15.4. The molecule has 296 valence electrons. The Labute approximate surface area is 362 Å². The summed E-state index contributed by atoms with van der Waals surface area (Å²) in [7, 11) is 0. The molecule has 2 aromatic heterocycles. The molecule has 2 saturated carbocycles. The molecule has 2 fully saturated rings. The van der Waals surface area contributed by atoms with Crippen LogP contribution in [0.5, 0.6) is 0 Å². The highest BCUT2D eigenvalue weighted by Crippen LogP contribution is 2.62. The monoisotopic (exact) mass is 804 g/mol. The summed E-state index contributed by atoms with van der Waals surface area (Å²) in [6.45, 7) is 0. The Hall–Kier alpha value is -5.90. The van der Waals surface area contributed by atoms with Crippen molar-refractivity contribution in [2.24, 2.45) is 0 Å². The quantitative estimate of drug-likeness (QED) is 0.177. The van der Waals surface area contributed by atoms with Crippen molar-refractivity contribution in [1.29, 1.82) is 0 Å². The SMILES string of the molecule is C1=C(c2cccc(-c3nc(-c4ccccc4)c4c(n3)sc3ccccc34)c2)C=C(c2ccc3c(c2)-c2cc4c(cc2C32CCCCC2)-c2ccccc2C42CCCCC2)CC1. The number of aromatic nitrogens is 2. The minimum atomic E-state index is 0.126. The first-order valence-corrected chi connectivity index (χ1v) is 23.7. The highest BCUT2D eigenvalue weighted by molar-refractivity contribution is 7.25. The van der Waals surface area contributed by atoms with E-state index in [4.69, 9.17) is 9.97 Å². The minimum Gasteiger partial charge on any atom is -0.227 e. The van der Waals surface area contributed by atoms with Crippen LogP contribution in [0.1, 0.15) is 110 Å². The molecule has 13 rings (SSSR count). The second kappa shape index (κ2) is 13.8. The lowest BCUT2D eigenvalue weighted by atomic mass is 9.66. The number of thiophene rings is 1. The Bertz CT molecular complexity index is 3150. The summed E-state index contributed by atoms with van der Waals surface area (Å²) in [5.74, 6) is 0.777. The third kappa shape index (κ3) is 5.39. The Morgan fingerprint density at radius 1 is 0.475 bits per heavy atom. The molecule has 0 bridgehead atoms. The molecule has 2 spiro atoms. The first-order chi connectivity index (χ1) is 30.2. The highest BCUT2D eigenvalue weighted by Gasteiger charge is 2.49. The van der Waals surface area contributed by atoms with Crippen LogP contribution in [-0.2, 0) is 10.8 Å². The van der Waals surface area contributed by atoms with Gasteiger partial charge in [0.15, 0.2) is 5.82 Å². The molecule has 2 heterocycles. The zero-order chi connectivity index (χ0) is 40.1. The number of rotatable bonds is 4. The minimum absolute atomic E-state index is 0.126. The summed E-state index contributed by atoms with van der Waals surface area (Å²) in [5.41, 5.74) is 21.3. The summed E-state index contributed by atoms with van der Waals surface area (Å²) < 4.78 is 1.24. The number of hydrogen-bond donors (Lipinski definition) is 0. The zero-order valence-corrected chi connectivity index (χ0v) is 35.5. The summed E-state index contributed by atoms with van der Waals surface area (Å²) in [5, 5.41) is 2.36. The van der Waals surface area contributed by atoms with Crippen molar-refractivity contribution in [3.63, 3.8) is 0 Å². The van der Waals surface area contributed by atoms with Gasteiger partial charge in [-0.05, 0) is 136 Å². The van der Waals surface area contributed by atoms with Crippen molar-refractivity contribution in [1.82, 2.24) is 9.97 Å². The van der Waals surface area contributed by atoms with Crippen molar-refractivity contribution < 1.29 is 0 Å². The maximum absolute atomic E-state index is 5.32. The zero-order valence-electron chi connectivity index (χ0n) is 34.6. The highest BCUT2D eigenvalue weighted by atomic mass is 32.1. The molecule has 0 atom stereocenters. The number of allylic oxidation sites excluding steroid dienone is 4. The van der Waals surface area contributed by atoms with Crippen LogP contribution in [0.15, 0.2) is 146 Å². The molecule has 5 aliphatic carbocycles. The topological polar surface area (TPSA) is 25.8 Å². The lowest BCUT2D eigenvalue weighted by Crippen LogP contribution is -2.29. The van der Waals surface area contributed by atoms with E-state index >= 15 is 0 Å². The molecule has 3 heteroatoms. The fourth-order valence-electron chi connectivity index (χ4n) is 12.6. The molecule has 6 aromatic carbocycles. The van der Waals surface area contributed by atoms with E-state index in [2.05, 4.69) is 146 Å². The van der Waals surface area contributed by atoms with E-state index in [1.165, 1.54) is 119 Å². The first kappa shape index (κ1) is 35.8.